The molecule has 1 fully saturated rings. The van der Waals surface area contributed by atoms with Crippen LogP contribution in [0.4, 0.5) is 11.4 Å². The summed E-state index contributed by atoms with van der Waals surface area (Å²) in [4.78, 5) is 28.7. The largest absolute Gasteiger partial charge is 0.378 e. The third kappa shape index (κ3) is 4.63. The van der Waals surface area contributed by atoms with Crippen molar-refractivity contribution in [2.75, 3.05) is 44.5 Å². The summed E-state index contributed by atoms with van der Waals surface area (Å²) < 4.78 is 5.38. The van der Waals surface area contributed by atoms with Gasteiger partial charge in [-0.3, -0.25) is 14.9 Å². The van der Waals surface area contributed by atoms with Crippen LogP contribution in [0.2, 0.25) is 0 Å². The number of morpholine rings is 1. The van der Waals surface area contributed by atoms with Gasteiger partial charge in [-0.15, -0.1) is 11.8 Å². The molecule has 0 N–H and O–H groups in total. The highest BCUT2D eigenvalue weighted by atomic mass is 32.2. The fraction of sp³-hybridized carbons (Fsp3) is 0.350. The standard InChI is InChI=1S/C20H23N3O4S/c1-21(14-15-3-6-17(28-2)7-4-15)20(24)18-13-16(23(25)26)5-8-19(18)22-9-11-27-12-10-22/h3-8,13H,9-12,14H2,1-2H3. The van der Waals surface area contributed by atoms with Crippen molar-refractivity contribution in [1.29, 1.82) is 0 Å². The first kappa shape index (κ1) is 20.2. The Morgan fingerprint density at radius 3 is 2.50 bits per heavy atom. The van der Waals surface area contributed by atoms with Crippen LogP contribution in [0.3, 0.4) is 0 Å². The zero-order valence-electron chi connectivity index (χ0n) is 16.0. The normalized spacial score (nSPS) is 14.0. The van der Waals surface area contributed by atoms with Crippen molar-refractivity contribution in [3.8, 4) is 0 Å². The number of nitrogens with zero attached hydrogens (tertiary/aromatic N) is 3. The fourth-order valence-corrected chi connectivity index (χ4v) is 3.58. The van der Waals surface area contributed by atoms with Gasteiger partial charge in [0.1, 0.15) is 0 Å². The summed E-state index contributed by atoms with van der Waals surface area (Å²) in [6.45, 7) is 2.87. The van der Waals surface area contributed by atoms with E-state index in [1.807, 2.05) is 35.4 Å². The highest BCUT2D eigenvalue weighted by Crippen LogP contribution is 2.28. The Kier molecular flexibility index (Phi) is 6.53. The second-order valence-corrected chi connectivity index (χ2v) is 7.45. The van der Waals surface area contributed by atoms with Gasteiger partial charge in [0.15, 0.2) is 0 Å². The second-order valence-electron chi connectivity index (χ2n) is 6.57. The number of anilines is 1. The molecule has 7 nitrogen and oxygen atoms in total. The highest BCUT2D eigenvalue weighted by Gasteiger charge is 2.24. The molecule has 0 atom stereocenters. The van der Waals surface area contributed by atoms with E-state index in [1.165, 1.54) is 12.1 Å². The summed E-state index contributed by atoms with van der Waals surface area (Å²) in [6.07, 6.45) is 2.01. The fourth-order valence-electron chi connectivity index (χ4n) is 3.17. The van der Waals surface area contributed by atoms with Gasteiger partial charge in [0.2, 0.25) is 0 Å². The number of benzene rings is 2. The minimum Gasteiger partial charge on any atom is -0.378 e. The molecule has 0 radical (unpaired) electrons. The molecule has 148 valence electrons. The minimum atomic E-state index is -0.471. The van der Waals surface area contributed by atoms with Crippen LogP contribution in [0.5, 0.6) is 0 Å². The summed E-state index contributed by atoms with van der Waals surface area (Å²) in [5.41, 5.74) is 1.98. The van der Waals surface area contributed by atoms with Gasteiger partial charge in [-0.05, 0) is 30.0 Å². The minimum absolute atomic E-state index is 0.0851. The molecule has 0 saturated carbocycles. The molecule has 1 aliphatic heterocycles. The maximum Gasteiger partial charge on any atom is 0.270 e. The second kappa shape index (κ2) is 9.07. The number of non-ortho nitro benzene ring substituents is 1. The monoisotopic (exact) mass is 401 g/mol. The molecule has 28 heavy (non-hydrogen) atoms. The first-order valence-electron chi connectivity index (χ1n) is 8.99. The van der Waals surface area contributed by atoms with Crippen molar-refractivity contribution in [3.05, 3.63) is 63.7 Å². The van der Waals surface area contributed by atoms with Gasteiger partial charge < -0.3 is 14.5 Å². The number of carbonyl (C=O) groups excluding carboxylic acids is 1. The van der Waals surface area contributed by atoms with Gasteiger partial charge in [-0.1, -0.05) is 12.1 Å². The number of nitro benzene ring substituents is 1. The van der Waals surface area contributed by atoms with Crippen molar-refractivity contribution < 1.29 is 14.5 Å². The average molecular weight is 401 g/mol. The molecule has 0 aromatic heterocycles. The lowest BCUT2D eigenvalue weighted by Gasteiger charge is -2.31. The van der Waals surface area contributed by atoms with Crippen molar-refractivity contribution >= 4 is 29.0 Å². The quantitative estimate of drug-likeness (QED) is 0.419. The lowest BCUT2D eigenvalue weighted by atomic mass is 10.1. The Morgan fingerprint density at radius 2 is 1.89 bits per heavy atom. The molecule has 1 amide bonds. The Balaban J connectivity index is 1.86. The van der Waals surface area contributed by atoms with E-state index in [0.29, 0.717) is 44.1 Å². The van der Waals surface area contributed by atoms with Crippen LogP contribution in [0, 0.1) is 10.1 Å². The molecular weight excluding hydrogens is 378 g/mol. The molecule has 2 aromatic carbocycles. The number of nitro groups is 1. The highest BCUT2D eigenvalue weighted by molar-refractivity contribution is 7.98. The smallest absolute Gasteiger partial charge is 0.270 e. The number of rotatable bonds is 6. The van der Waals surface area contributed by atoms with Crippen LogP contribution in [-0.2, 0) is 11.3 Å². The zero-order chi connectivity index (χ0) is 20.1. The van der Waals surface area contributed by atoms with Crippen molar-refractivity contribution in [2.24, 2.45) is 0 Å². The Labute approximate surface area is 168 Å². The molecule has 3 rings (SSSR count). The van der Waals surface area contributed by atoms with Gasteiger partial charge in [-0.2, -0.15) is 0 Å². The van der Waals surface area contributed by atoms with E-state index in [4.69, 9.17) is 4.74 Å². The molecular formula is C20H23N3O4S. The Hall–Kier alpha value is -2.58. The van der Waals surface area contributed by atoms with E-state index >= 15 is 0 Å². The number of hydrogen-bond donors (Lipinski definition) is 0. The summed E-state index contributed by atoms with van der Waals surface area (Å²) in [5.74, 6) is -0.237. The van der Waals surface area contributed by atoms with E-state index in [2.05, 4.69) is 0 Å². The molecule has 1 saturated heterocycles. The molecule has 0 bridgehead atoms. The van der Waals surface area contributed by atoms with Gasteiger partial charge in [0.05, 0.1) is 29.4 Å². The van der Waals surface area contributed by atoms with Crippen LogP contribution in [0.15, 0.2) is 47.4 Å². The maximum atomic E-state index is 13.2. The Bertz CT molecular complexity index is 851. The first-order valence-corrected chi connectivity index (χ1v) is 10.2. The molecule has 0 aliphatic carbocycles. The summed E-state index contributed by atoms with van der Waals surface area (Å²) in [7, 11) is 1.72. The van der Waals surface area contributed by atoms with E-state index in [9.17, 15) is 14.9 Å². The third-order valence-corrected chi connectivity index (χ3v) is 5.44. The van der Waals surface area contributed by atoms with E-state index in [1.54, 1.807) is 29.8 Å². The van der Waals surface area contributed by atoms with Gasteiger partial charge >= 0.3 is 0 Å². The number of thioether (sulfide) groups is 1. The average Bonchev–Trinajstić information content (AvgIpc) is 2.73. The zero-order valence-corrected chi connectivity index (χ0v) is 16.8. The Morgan fingerprint density at radius 1 is 1.21 bits per heavy atom. The molecule has 0 spiro atoms. The number of hydrogen-bond acceptors (Lipinski definition) is 6. The first-order chi connectivity index (χ1) is 13.5. The predicted molar refractivity (Wildman–Crippen MR) is 110 cm³/mol. The topological polar surface area (TPSA) is 75.9 Å². The maximum absolute atomic E-state index is 13.2. The molecule has 1 aliphatic rings. The summed E-state index contributed by atoms with van der Waals surface area (Å²) in [6, 6.07) is 12.5. The summed E-state index contributed by atoms with van der Waals surface area (Å²) >= 11 is 1.66. The van der Waals surface area contributed by atoms with E-state index in [0.717, 1.165) is 10.5 Å². The van der Waals surface area contributed by atoms with E-state index in [-0.39, 0.29) is 11.6 Å². The van der Waals surface area contributed by atoms with Crippen molar-refractivity contribution in [3.63, 3.8) is 0 Å². The van der Waals surface area contributed by atoms with Crippen LogP contribution >= 0.6 is 11.8 Å². The van der Waals surface area contributed by atoms with Crippen LogP contribution < -0.4 is 4.90 Å². The number of carbonyl (C=O) groups is 1. The molecule has 2 aromatic rings. The van der Waals surface area contributed by atoms with Crippen LogP contribution in [0.25, 0.3) is 0 Å². The predicted octanol–water partition coefficient (Wildman–Crippen LogP) is 3.43. The number of ether oxygens (including phenoxy) is 1. The lowest BCUT2D eigenvalue weighted by Crippen LogP contribution is -2.38. The van der Waals surface area contributed by atoms with Crippen LogP contribution in [-0.4, -0.2) is 55.3 Å². The van der Waals surface area contributed by atoms with Crippen molar-refractivity contribution in [2.45, 2.75) is 11.4 Å². The van der Waals surface area contributed by atoms with Crippen LogP contribution in [0.1, 0.15) is 15.9 Å². The molecule has 8 heteroatoms. The van der Waals surface area contributed by atoms with Gasteiger partial charge in [-0.25, -0.2) is 0 Å². The van der Waals surface area contributed by atoms with Crippen molar-refractivity contribution in [1.82, 2.24) is 4.90 Å². The third-order valence-electron chi connectivity index (χ3n) is 4.70. The van der Waals surface area contributed by atoms with E-state index < -0.39 is 4.92 Å². The summed E-state index contributed by atoms with van der Waals surface area (Å²) in [5, 5.41) is 11.2. The molecule has 0 unspecified atom stereocenters. The van der Waals surface area contributed by atoms with Gasteiger partial charge in [0.25, 0.3) is 11.6 Å². The number of amides is 1. The molecule has 1 heterocycles. The lowest BCUT2D eigenvalue weighted by molar-refractivity contribution is -0.384. The SMILES string of the molecule is CSc1ccc(CN(C)C(=O)c2cc([N+](=O)[O-])ccc2N2CCOCC2)cc1. The van der Waals surface area contributed by atoms with Gasteiger partial charge in [0, 0.05) is 43.7 Å².